The van der Waals surface area contributed by atoms with Crippen LogP contribution in [0.4, 0.5) is 5.69 Å². The molecule has 2 aliphatic carbocycles. The van der Waals surface area contributed by atoms with E-state index in [-0.39, 0.29) is 6.61 Å². The topological polar surface area (TPSA) is 39.6 Å². The standard InChI is InChI=1S/C29H21Cl3N2O2/c1-33-18-9-7-16(8-10-18)21-14-22(21)20-12-11-19(13-26(20)32)35-15-23-28(34-36-29(23)17-5-6-17)27-24(30)3-2-4-25(27)31/h2-4,7-13,17,21-22H,5-6,14-15H2. The lowest BCUT2D eigenvalue weighted by Crippen LogP contribution is -2.00. The second kappa shape index (κ2) is 9.48. The average Bonchev–Trinajstić information content (AvgIpc) is 3.81. The molecule has 0 amide bonds. The highest BCUT2D eigenvalue weighted by molar-refractivity contribution is 6.39. The van der Waals surface area contributed by atoms with Crippen molar-refractivity contribution in [2.24, 2.45) is 0 Å². The van der Waals surface area contributed by atoms with Gasteiger partial charge in [0.25, 0.3) is 0 Å². The smallest absolute Gasteiger partial charge is 0.187 e. The van der Waals surface area contributed by atoms with Crippen LogP contribution in [0, 0.1) is 6.57 Å². The molecule has 0 aliphatic heterocycles. The highest BCUT2D eigenvalue weighted by Crippen LogP contribution is 2.56. The lowest BCUT2D eigenvalue weighted by atomic mass is 10.0. The van der Waals surface area contributed by atoms with E-state index in [0.717, 1.165) is 36.1 Å². The normalized spacial score (nSPS) is 18.6. The molecule has 0 radical (unpaired) electrons. The lowest BCUT2D eigenvalue weighted by molar-refractivity contribution is 0.300. The van der Waals surface area contributed by atoms with E-state index in [1.807, 2.05) is 42.5 Å². The molecule has 6 rings (SSSR count). The number of hydrogen-bond acceptors (Lipinski definition) is 3. The molecule has 0 N–H and O–H groups in total. The van der Waals surface area contributed by atoms with Crippen LogP contribution in [-0.4, -0.2) is 5.16 Å². The monoisotopic (exact) mass is 534 g/mol. The fourth-order valence-electron chi connectivity index (χ4n) is 4.81. The summed E-state index contributed by atoms with van der Waals surface area (Å²) in [7, 11) is 0. The van der Waals surface area contributed by atoms with Crippen molar-refractivity contribution >= 4 is 40.5 Å². The first-order chi connectivity index (χ1) is 17.5. The van der Waals surface area contributed by atoms with Crippen LogP contribution in [0.5, 0.6) is 5.75 Å². The zero-order valence-corrected chi connectivity index (χ0v) is 21.4. The molecule has 1 heterocycles. The summed E-state index contributed by atoms with van der Waals surface area (Å²) in [6, 6.07) is 19.1. The van der Waals surface area contributed by atoms with E-state index in [9.17, 15) is 0 Å². The van der Waals surface area contributed by atoms with Crippen molar-refractivity contribution in [3.05, 3.63) is 110 Å². The Morgan fingerprint density at radius 3 is 2.36 bits per heavy atom. The number of benzene rings is 3. The molecule has 0 spiro atoms. The second-order valence-corrected chi connectivity index (χ2v) is 10.6. The molecule has 0 bridgehead atoms. The molecule has 2 atom stereocenters. The van der Waals surface area contributed by atoms with Crippen LogP contribution >= 0.6 is 34.8 Å². The van der Waals surface area contributed by atoms with E-state index in [1.54, 1.807) is 12.1 Å². The maximum absolute atomic E-state index is 7.12. The molecular formula is C29H21Cl3N2O2. The molecule has 7 heteroatoms. The Labute approximate surface area is 224 Å². The molecule has 1 aromatic heterocycles. The third-order valence-electron chi connectivity index (χ3n) is 6.96. The van der Waals surface area contributed by atoms with E-state index < -0.39 is 0 Å². The molecule has 4 nitrogen and oxygen atoms in total. The van der Waals surface area contributed by atoms with Crippen molar-refractivity contribution in [3.63, 3.8) is 0 Å². The first kappa shape index (κ1) is 23.4. The molecule has 0 saturated heterocycles. The maximum atomic E-state index is 7.12. The minimum absolute atomic E-state index is 0.279. The van der Waals surface area contributed by atoms with Gasteiger partial charge in [0.1, 0.15) is 23.8 Å². The Kier molecular flexibility index (Phi) is 6.17. The van der Waals surface area contributed by atoms with Crippen molar-refractivity contribution in [1.29, 1.82) is 0 Å². The molecule has 2 unspecified atom stereocenters. The molecule has 2 saturated carbocycles. The number of aromatic nitrogens is 1. The van der Waals surface area contributed by atoms with Gasteiger partial charge in [0.2, 0.25) is 0 Å². The summed E-state index contributed by atoms with van der Waals surface area (Å²) >= 11 is 19.6. The fourth-order valence-corrected chi connectivity index (χ4v) is 5.69. The van der Waals surface area contributed by atoms with Crippen LogP contribution in [0.15, 0.2) is 65.2 Å². The molecule has 180 valence electrons. The van der Waals surface area contributed by atoms with Crippen LogP contribution in [0.1, 0.15) is 59.5 Å². The number of ether oxygens (including phenoxy) is 1. The Morgan fingerprint density at radius 2 is 1.69 bits per heavy atom. The third kappa shape index (κ3) is 4.48. The van der Waals surface area contributed by atoms with Gasteiger partial charge >= 0.3 is 0 Å². The summed E-state index contributed by atoms with van der Waals surface area (Å²) in [6.07, 6.45) is 3.19. The van der Waals surface area contributed by atoms with Crippen molar-refractivity contribution < 1.29 is 9.26 Å². The predicted molar refractivity (Wildman–Crippen MR) is 143 cm³/mol. The quantitative estimate of drug-likeness (QED) is 0.221. The van der Waals surface area contributed by atoms with Gasteiger partial charge in [0.15, 0.2) is 5.69 Å². The molecular weight excluding hydrogens is 515 g/mol. The summed E-state index contributed by atoms with van der Waals surface area (Å²) in [5, 5.41) is 6.07. The summed E-state index contributed by atoms with van der Waals surface area (Å²) in [6.45, 7) is 7.40. The number of nitrogens with zero attached hydrogens (tertiary/aromatic N) is 2. The molecule has 36 heavy (non-hydrogen) atoms. The summed E-state index contributed by atoms with van der Waals surface area (Å²) in [5.74, 6) is 2.68. The minimum Gasteiger partial charge on any atom is -0.489 e. The van der Waals surface area contributed by atoms with Crippen molar-refractivity contribution in [2.45, 2.75) is 43.6 Å². The SMILES string of the molecule is [C-]#[N+]c1ccc(C2CC2c2ccc(OCc3c(-c4c(Cl)cccc4Cl)noc3C3CC3)cc2Cl)cc1. The van der Waals surface area contributed by atoms with E-state index in [0.29, 0.717) is 55.5 Å². The zero-order valence-electron chi connectivity index (χ0n) is 19.2. The van der Waals surface area contributed by atoms with Gasteiger partial charge in [0.05, 0.1) is 22.2 Å². The molecule has 4 aromatic rings. The fraction of sp³-hybridized carbons (Fsp3) is 0.241. The van der Waals surface area contributed by atoms with Crippen molar-refractivity contribution in [1.82, 2.24) is 5.16 Å². The summed E-state index contributed by atoms with van der Waals surface area (Å²) < 4.78 is 11.9. The van der Waals surface area contributed by atoms with Crippen molar-refractivity contribution in [3.8, 4) is 17.0 Å². The molecule has 2 aliphatic rings. The van der Waals surface area contributed by atoms with E-state index in [4.69, 9.17) is 50.6 Å². The van der Waals surface area contributed by atoms with Crippen LogP contribution in [0.3, 0.4) is 0 Å². The Balaban J connectivity index is 1.21. The highest BCUT2D eigenvalue weighted by atomic mass is 35.5. The van der Waals surface area contributed by atoms with E-state index >= 15 is 0 Å². The number of halogens is 3. The highest BCUT2D eigenvalue weighted by Gasteiger charge is 2.40. The summed E-state index contributed by atoms with van der Waals surface area (Å²) in [4.78, 5) is 3.47. The first-order valence-electron chi connectivity index (χ1n) is 11.9. The lowest BCUT2D eigenvalue weighted by Gasteiger charge is -2.11. The van der Waals surface area contributed by atoms with Crippen molar-refractivity contribution in [2.75, 3.05) is 0 Å². The van der Waals surface area contributed by atoms with Gasteiger partial charge in [-0.15, -0.1) is 0 Å². The van der Waals surface area contributed by atoms with Crippen LogP contribution < -0.4 is 4.74 Å². The van der Waals surface area contributed by atoms with E-state index in [2.05, 4.69) is 16.1 Å². The third-order valence-corrected chi connectivity index (χ3v) is 7.92. The largest absolute Gasteiger partial charge is 0.489 e. The zero-order chi connectivity index (χ0) is 24.8. The van der Waals surface area contributed by atoms with Gasteiger partial charge in [-0.1, -0.05) is 76.4 Å². The molecule has 3 aromatic carbocycles. The summed E-state index contributed by atoms with van der Waals surface area (Å²) in [5.41, 5.74) is 5.18. The van der Waals surface area contributed by atoms with Crippen LogP contribution in [0.25, 0.3) is 16.1 Å². The number of hydrogen-bond donors (Lipinski definition) is 0. The predicted octanol–water partition coefficient (Wildman–Crippen LogP) is 9.58. The Bertz CT molecular complexity index is 1470. The van der Waals surface area contributed by atoms with E-state index in [1.165, 1.54) is 5.56 Å². The van der Waals surface area contributed by atoms with Crippen LogP contribution in [-0.2, 0) is 6.61 Å². The minimum atomic E-state index is 0.279. The van der Waals surface area contributed by atoms with Gasteiger partial charge in [-0.05, 0) is 66.5 Å². The maximum Gasteiger partial charge on any atom is 0.187 e. The first-order valence-corrected chi connectivity index (χ1v) is 13.0. The van der Waals surface area contributed by atoms with Gasteiger partial charge in [-0.25, -0.2) is 4.85 Å². The Morgan fingerprint density at radius 1 is 0.944 bits per heavy atom. The van der Waals surface area contributed by atoms with Gasteiger partial charge in [-0.2, -0.15) is 0 Å². The van der Waals surface area contributed by atoms with Gasteiger partial charge in [0, 0.05) is 16.5 Å². The average molecular weight is 536 g/mol. The van der Waals surface area contributed by atoms with Gasteiger partial charge in [-0.3, -0.25) is 0 Å². The molecule has 2 fully saturated rings. The number of rotatable bonds is 7. The second-order valence-electron chi connectivity index (χ2n) is 9.37. The van der Waals surface area contributed by atoms with Crippen LogP contribution in [0.2, 0.25) is 15.1 Å². The Hall–Kier alpha value is -2.97. The van der Waals surface area contributed by atoms with Gasteiger partial charge < -0.3 is 9.26 Å².